The summed E-state index contributed by atoms with van der Waals surface area (Å²) in [5, 5.41) is 8.69. The lowest BCUT2D eigenvalue weighted by Crippen LogP contribution is -2.05. The van der Waals surface area contributed by atoms with Gasteiger partial charge in [0.05, 0.1) is 6.61 Å². The molecule has 3 heteroatoms. The maximum atomic E-state index is 8.69. The van der Waals surface area contributed by atoms with Gasteiger partial charge in [-0.05, 0) is 17.7 Å². The van der Waals surface area contributed by atoms with Gasteiger partial charge in [0.25, 0.3) is 0 Å². The van der Waals surface area contributed by atoms with Crippen LogP contribution in [0, 0.1) is 11.8 Å². The van der Waals surface area contributed by atoms with E-state index in [-0.39, 0.29) is 6.61 Å². The van der Waals surface area contributed by atoms with Crippen LogP contribution in [-0.4, -0.2) is 21.3 Å². The lowest BCUT2D eigenvalue weighted by atomic mass is 10.1. The fourth-order valence-corrected chi connectivity index (χ4v) is 2.07. The molecular formula is C17H20N2O. The van der Waals surface area contributed by atoms with Gasteiger partial charge in [-0.1, -0.05) is 37.8 Å². The van der Waals surface area contributed by atoms with Crippen molar-refractivity contribution in [1.29, 1.82) is 0 Å². The quantitative estimate of drug-likeness (QED) is 0.866. The van der Waals surface area contributed by atoms with Crippen molar-refractivity contribution in [3.63, 3.8) is 0 Å². The van der Waals surface area contributed by atoms with Crippen LogP contribution < -0.4 is 0 Å². The zero-order valence-electron chi connectivity index (χ0n) is 12.0. The van der Waals surface area contributed by atoms with Gasteiger partial charge in [0, 0.05) is 36.8 Å². The Kier molecular flexibility index (Phi) is 4.97. The number of hydrogen-bond donors (Lipinski definition) is 1. The van der Waals surface area contributed by atoms with Crippen LogP contribution >= 0.6 is 0 Å². The predicted octanol–water partition coefficient (Wildman–Crippen LogP) is 2.79. The van der Waals surface area contributed by atoms with E-state index in [1.165, 1.54) is 5.56 Å². The van der Waals surface area contributed by atoms with E-state index in [9.17, 15) is 0 Å². The van der Waals surface area contributed by atoms with E-state index in [0.29, 0.717) is 12.3 Å². The molecule has 0 bridgehead atoms. The molecule has 0 unspecified atom stereocenters. The summed E-state index contributed by atoms with van der Waals surface area (Å²) in [5.41, 5.74) is 2.22. The highest BCUT2D eigenvalue weighted by molar-refractivity contribution is 5.36. The van der Waals surface area contributed by atoms with E-state index in [4.69, 9.17) is 5.11 Å². The lowest BCUT2D eigenvalue weighted by molar-refractivity contribution is 0.305. The van der Waals surface area contributed by atoms with Crippen LogP contribution in [0.3, 0.4) is 0 Å². The van der Waals surface area contributed by atoms with Gasteiger partial charge in [-0.3, -0.25) is 0 Å². The number of aliphatic hydroxyl groups is 1. The van der Waals surface area contributed by atoms with Gasteiger partial charge < -0.3 is 9.67 Å². The number of benzene rings is 1. The largest absolute Gasteiger partial charge is 0.395 e. The summed E-state index contributed by atoms with van der Waals surface area (Å²) < 4.78 is 2.18. The van der Waals surface area contributed by atoms with Crippen LogP contribution in [0.2, 0.25) is 0 Å². The molecule has 104 valence electrons. The van der Waals surface area contributed by atoms with E-state index in [2.05, 4.69) is 47.4 Å². The molecule has 0 saturated carbocycles. The average molecular weight is 268 g/mol. The molecule has 0 amide bonds. The van der Waals surface area contributed by atoms with Gasteiger partial charge in [0.2, 0.25) is 0 Å². The Balaban J connectivity index is 2.08. The number of imidazole rings is 1. The summed E-state index contributed by atoms with van der Waals surface area (Å²) >= 11 is 0. The molecule has 0 radical (unpaired) electrons. The molecule has 0 saturated heterocycles. The Bertz CT molecular complexity index is 600. The van der Waals surface area contributed by atoms with Crippen LogP contribution in [0.1, 0.15) is 43.1 Å². The normalized spacial score (nSPS) is 10.4. The fourth-order valence-electron chi connectivity index (χ4n) is 2.07. The molecule has 0 aliphatic rings. The van der Waals surface area contributed by atoms with E-state index >= 15 is 0 Å². The number of aliphatic hydroxyl groups excluding tert-OH is 1. The van der Waals surface area contributed by atoms with E-state index in [1.54, 1.807) is 0 Å². The van der Waals surface area contributed by atoms with E-state index in [0.717, 1.165) is 17.9 Å². The molecular weight excluding hydrogens is 248 g/mol. The molecule has 0 aliphatic carbocycles. The smallest absolute Gasteiger partial charge is 0.111 e. The molecule has 1 N–H and O–H groups in total. The molecule has 2 rings (SSSR count). The Labute approximate surface area is 120 Å². The molecule has 3 nitrogen and oxygen atoms in total. The number of rotatable bonds is 4. The molecule has 0 fully saturated rings. The summed E-state index contributed by atoms with van der Waals surface area (Å²) in [6.45, 7) is 5.25. The molecule has 2 aromatic rings. The van der Waals surface area contributed by atoms with Gasteiger partial charge in [0.15, 0.2) is 0 Å². The number of aromatic nitrogens is 2. The summed E-state index contributed by atoms with van der Waals surface area (Å²) in [7, 11) is 0. The molecule has 1 aromatic carbocycles. The van der Waals surface area contributed by atoms with E-state index < -0.39 is 0 Å². The first-order chi connectivity index (χ1) is 9.70. The number of hydrogen-bond acceptors (Lipinski definition) is 2. The molecule has 1 heterocycles. The Hall–Kier alpha value is -2.05. The number of nitrogens with zero attached hydrogens (tertiary/aromatic N) is 2. The first kappa shape index (κ1) is 14.4. The highest BCUT2D eigenvalue weighted by Crippen LogP contribution is 2.14. The maximum absolute atomic E-state index is 8.69. The van der Waals surface area contributed by atoms with Crippen molar-refractivity contribution in [1.82, 2.24) is 9.55 Å². The highest BCUT2D eigenvalue weighted by Gasteiger charge is 2.07. The van der Waals surface area contributed by atoms with Gasteiger partial charge >= 0.3 is 0 Å². The van der Waals surface area contributed by atoms with Crippen molar-refractivity contribution in [2.75, 3.05) is 6.61 Å². The first-order valence-corrected chi connectivity index (χ1v) is 6.90. The molecule has 20 heavy (non-hydrogen) atoms. The SMILES string of the molecule is CC(C)c1nccn1Cc1ccc(C#CCCO)cc1. The minimum Gasteiger partial charge on any atom is -0.395 e. The highest BCUT2D eigenvalue weighted by atomic mass is 16.2. The molecule has 0 aliphatic heterocycles. The minimum absolute atomic E-state index is 0.115. The minimum atomic E-state index is 0.115. The zero-order valence-corrected chi connectivity index (χ0v) is 12.0. The summed E-state index contributed by atoms with van der Waals surface area (Å²) in [5.74, 6) is 7.49. The summed E-state index contributed by atoms with van der Waals surface area (Å²) in [6.07, 6.45) is 4.39. The van der Waals surface area contributed by atoms with E-state index in [1.807, 2.05) is 24.5 Å². The zero-order chi connectivity index (χ0) is 14.4. The second kappa shape index (κ2) is 6.93. The topological polar surface area (TPSA) is 38.0 Å². The van der Waals surface area contributed by atoms with Crippen LogP contribution in [0.15, 0.2) is 36.7 Å². The van der Waals surface area contributed by atoms with Gasteiger partial charge in [0.1, 0.15) is 5.82 Å². The van der Waals surface area contributed by atoms with Crippen LogP contribution in [-0.2, 0) is 6.54 Å². The summed E-state index contributed by atoms with van der Waals surface area (Å²) in [4.78, 5) is 4.40. The third-order valence-corrected chi connectivity index (χ3v) is 3.04. The third-order valence-electron chi connectivity index (χ3n) is 3.04. The predicted molar refractivity (Wildman–Crippen MR) is 80.4 cm³/mol. The van der Waals surface area contributed by atoms with Crippen molar-refractivity contribution >= 4 is 0 Å². The van der Waals surface area contributed by atoms with Gasteiger partial charge in [-0.15, -0.1) is 0 Å². The maximum Gasteiger partial charge on any atom is 0.111 e. The lowest BCUT2D eigenvalue weighted by Gasteiger charge is -2.10. The molecule has 1 aromatic heterocycles. The summed E-state index contributed by atoms with van der Waals surface area (Å²) in [6, 6.07) is 8.22. The Morgan fingerprint density at radius 3 is 2.65 bits per heavy atom. The van der Waals surface area contributed by atoms with Crippen molar-refractivity contribution in [2.45, 2.75) is 32.7 Å². The van der Waals surface area contributed by atoms with Crippen molar-refractivity contribution in [2.24, 2.45) is 0 Å². The van der Waals surface area contributed by atoms with Gasteiger partial charge in [-0.25, -0.2) is 4.98 Å². The van der Waals surface area contributed by atoms with Crippen molar-refractivity contribution in [3.8, 4) is 11.8 Å². The second-order valence-corrected chi connectivity index (χ2v) is 5.04. The standard InChI is InChI=1S/C17H20N2O/c1-14(2)17-18-10-11-19(17)13-16-8-6-15(7-9-16)5-3-4-12-20/h6-11,14,20H,4,12-13H2,1-2H3. The second-order valence-electron chi connectivity index (χ2n) is 5.04. The van der Waals surface area contributed by atoms with Gasteiger partial charge in [-0.2, -0.15) is 0 Å². The third kappa shape index (κ3) is 3.72. The van der Waals surface area contributed by atoms with Crippen LogP contribution in [0.5, 0.6) is 0 Å². The van der Waals surface area contributed by atoms with Crippen molar-refractivity contribution < 1.29 is 5.11 Å². The van der Waals surface area contributed by atoms with Crippen LogP contribution in [0.4, 0.5) is 0 Å². The Morgan fingerprint density at radius 2 is 2.00 bits per heavy atom. The fraction of sp³-hybridized carbons (Fsp3) is 0.353. The first-order valence-electron chi connectivity index (χ1n) is 6.90. The van der Waals surface area contributed by atoms with Crippen molar-refractivity contribution in [3.05, 3.63) is 53.6 Å². The average Bonchev–Trinajstić information content (AvgIpc) is 2.89. The van der Waals surface area contributed by atoms with Crippen LogP contribution in [0.25, 0.3) is 0 Å². The molecule has 0 atom stereocenters. The Morgan fingerprint density at radius 1 is 1.25 bits per heavy atom. The molecule has 0 spiro atoms. The monoisotopic (exact) mass is 268 g/mol.